The van der Waals surface area contributed by atoms with Crippen LogP contribution < -0.4 is 5.32 Å². The smallest absolute Gasteiger partial charge is 0.106 e. The highest BCUT2D eigenvalue weighted by Gasteiger charge is 2.23. The minimum atomic E-state index is -0.564. The summed E-state index contributed by atoms with van der Waals surface area (Å²) in [6.07, 6.45) is 2.64. The van der Waals surface area contributed by atoms with Crippen LogP contribution in [0.2, 0.25) is 0 Å². The van der Waals surface area contributed by atoms with Crippen molar-refractivity contribution < 1.29 is 9.84 Å². The lowest BCUT2D eigenvalue weighted by Gasteiger charge is -2.27. The molecule has 0 aliphatic carbocycles. The van der Waals surface area contributed by atoms with Crippen molar-refractivity contribution in [3.05, 3.63) is 30.1 Å². The predicted octanol–water partition coefficient (Wildman–Crippen LogP) is 0.103. The van der Waals surface area contributed by atoms with Crippen LogP contribution in [-0.2, 0) is 4.74 Å². The first-order valence-electron chi connectivity index (χ1n) is 4.78. The second-order valence-electron chi connectivity index (χ2n) is 3.34. The Bertz CT molecular complexity index is 273. The third kappa shape index (κ3) is 2.09. The lowest BCUT2D eigenvalue weighted by molar-refractivity contribution is -0.0536. The third-order valence-corrected chi connectivity index (χ3v) is 2.36. The summed E-state index contributed by atoms with van der Waals surface area (Å²) in [5, 5.41) is 13.1. The number of pyridine rings is 1. The van der Waals surface area contributed by atoms with Gasteiger partial charge in [-0.25, -0.2) is 0 Å². The summed E-state index contributed by atoms with van der Waals surface area (Å²) in [6.45, 7) is 2.22. The van der Waals surface area contributed by atoms with Crippen LogP contribution in [0.15, 0.2) is 24.5 Å². The minimum absolute atomic E-state index is 0.147. The van der Waals surface area contributed by atoms with Gasteiger partial charge in [-0.05, 0) is 17.7 Å². The van der Waals surface area contributed by atoms with E-state index in [1.165, 1.54) is 0 Å². The molecule has 4 nitrogen and oxygen atoms in total. The fraction of sp³-hybridized carbons (Fsp3) is 0.500. The molecule has 14 heavy (non-hydrogen) atoms. The van der Waals surface area contributed by atoms with Gasteiger partial charge in [-0.15, -0.1) is 0 Å². The minimum Gasteiger partial charge on any atom is -0.386 e. The SMILES string of the molecule is O[C@@H](c1ccncc1)[C@H]1CNCCO1. The van der Waals surface area contributed by atoms with Crippen molar-refractivity contribution in [1.82, 2.24) is 10.3 Å². The summed E-state index contributed by atoms with van der Waals surface area (Å²) in [7, 11) is 0. The van der Waals surface area contributed by atoms with Gasteiger partial charge in [-0.1, -0.05) is 0 Å². The Hall–Kier alpha value is -0.970. The Kier molecular flexibility index (Phi) is 3.08. The first-order chi connectivity index (χ1) is 6.88. The molecule has 1 saturated heterocycles. The van der Waals surface area contributed by atoms with Crippen molar-refractivity contribution in [3.8, 4) is 0 Å². The second-order valence-corrected chi connectivity index (χ2v) is 3.34. The summed E-state index contributed by atoms with van der Waals surface area (Å²) in [5.41, 5.74) is 0.855. The highest BCUT2D eigenvalue weighted by molar-refractivity contribution is 5.14. The first kappa shape index (κ1) is 9.58. The summed E-state index contributed by atoms with van der Waals surface area (Å²) >= 11 is 0. The summed E-state index contributed by atoms with van der Waals surface area (Å²) < 4.78 is 5.46. The van der Waals surface area contributed by atoms with Gasteiger partial charge in [-0.3, -0.25) is 4.98 Å². The van der Waals surface area contributed by atoms with Crippen LogP contribution in [-0.4, -0.2) is 35.9 Å². The van der Waals surface area contributed by atoms with Crippen molar-refractivity contribution in [3.63, 3.8) is 0 Å². The molecule has 0 saturated carbocycles. The van der Waals surface area contributed by atoms with Gasteiger partial charge < -0.3 is 15.2 Å². The molecule has 0 spiro atoms. The molecule has 2 heterocycles. The van der Waals surface area contributed by atoms with Crippen LogP contribution in [0.1, 0.15) is 11.7 Å². The lowest BCUT2D eigenvalue weighted by Crippen LogP contribution is -2.41. The molecule has 1 aliphatic rings. The van der Waals surface area contributed by atoms with E-state index in [9.17, 15) is 5.11 Å². The van der Waals surface area contributed by atoms with Gasteiger partial charge in [0.25, 0.3) is 0 Å². The van der Waals surface area contributed by atoms with Gasteiger partial charge in [0, 0.05) is 25.5 Å². The topological polar surface area (TPSA) is 54.4 Å². The molecule has 0 unspecified atom stereocenters. The van der Waals surface area contributed by atoms with E-state index < -0.39 is 6.10 Å². The number of morpholine rings is 1. The monoisotopic (exact) mass is 194 g/mol. The van der Waals surface area contributed by atoms with E-state index >= 15 is 0 Å². The summed E-state index contributed by atoms with van der Waals surface area (Å²) in [6, 6.07) is 3.62. The van der Waals surface area contributed by atoms with Crippen LogP contribution >= 0.6 is 0 Å². The molecule has 2 N–H and O–H groups in total. The van der Waals surface area contributed by atoms with Crippen molar-refractivity contribution in [2.75, 3.05) is 19.7 Å². The standard InChI is InChI=1S/C10H14N2O2/c13-10(8-1-3-11-4-2-8)9-7-12-5-6-14-9/h1-4,9-10,12-13H,5-7H2/t9-,10+/m1/s1. The van der Waals surface area contributed by atoms with Crippen LogP contribution in [0.3, 0.4) is 0 Å². The molecular weight excluding hydrogens is 180 g/mol. The zero-order valence-corrected chi connectivity index (χ0v) is 7.89. The van der Waals surface area contributed by atoms with E-state index in [4.69, 9.17) is 4.74 Å². The first-order valence-corrected chi connectivity index (χ1v) is 4.78. The van der Waals surface area contributed by atoms with Gasteiger partial charge >= 0.3 is 0 Å². The van der Waals surface area contributed by atoms with Crippen LogP contribution in [0.25, 0.3) is 0 Å². The van der Waals surface area contributed by atoms with Gasteiger partial charge in [0.05, 0.1) is 12.7 Å². The number of aliphatic hydroxyl groups is 1. The fourth-order valence-electron chi connectivity index (χ4n) is 1.56. The van der Waals surface area contributed by atoms with Crippen LogP contribution in [0, 0.1) is 0 Å². The van der Waals surface area contributed by atoms with E-state index in [1.54, 1.807) is 12.4 Å². The van der Waals surface area contributed by atoms with Gasteiger partial charge in [0.1, 0.15) is 6.10 Å². The zero-order valence-electron chi connectivity index (χ0n) is 7.89. The average Bonchev–Trinajstić information content (AvgIpc) is 2.30. The molecule has 0 aromatic carbocycles. The Morgan fingerprint density at radius 2 is 2.29 bits per heavy atom. The number of nitrogens with zero attached hydrogens (tertiary/aromatic N) is 1. The predicted molar refractivity (Wildman–Crippen MR) is 51.8 cm³/mol. The molecule has 2 atom stereocenters. The number of nitrogens with one attached hydrogen (secondary N) is 1. The van der Waals surface area contributed by atoms with E-state index in [0.29, 0.717) is 13.2 Å². The van der Waals surface area contributed by atoms with Crippen molar-refractivity contribution in [2.24, 2.45) is 0 Å². The number of hydrogen-bond acceptors (Lipinski definition) is 4. The Morgan fingerprint density at radius 1 is 1.50 bits per heavy atom. The van der Waals surface area contributed by atoms with Crippen molar-refractivity contribution >= 4 is 0 Å². The fourth-order valence-corrected chi connectivity index (χ4v) is 1.56. The van der Waals surface area contributed by atoms with Crippen LogP contribution in [0.4, 0.5) is 0 Å². The lowest BCUT2D eigenvalue weighted by atomic mass is 10.1. The molecule has 1 fully saturated rings. The number of ether oxygens (including phenoxy) is 1. The van der Waals surface area contributed by atoms with E-state index in [1.807, 2.05) is 12.1 Å². The number of hydrogen-bond donors (Lipinski definition) is 2. The molecular formula is C10H14N2O2. The average molecular weight is 194 g/mol. The van der Waals surface area contributed by atoms with E-state index in [0.717, 1.165) is 12.1 Å². The van der Waals surface area contributed by atoms with Gasteiger partial charge in [0.15, 0.2) is 0 Å². The highest BCUT2D eigenvalue weighted by Crippen LogP contribution is 2.18. The molecule has 2 rings (SSSR count). The van der Waals surface area contributed by atoms with Gasteiger partial charge in [-0.2, -0.15) is 0 Å². The summed E-state index contributed by atoms with van der Waals surface area (Å²) in [5.74, 6) is 0. The molecule has 1 aliphatic heterocycles. The molecule has 1 aromatic rings. The summed E-state index contributed by atoms with van der Waals surface area (Å²) in [4.78, 5) is 3.91. The maximum atomic E-state index is 9.95. The third-order valence-electron chi connectivity index (χ3n) is 2.36. The van der Waals surface area contributed by atoms with E-state index in [2.05, 4.69) is 10.3 Å². The molecule has 0 bridgehead atoms. The molecule has 4 heteroatoms. The largest absolute Gasteiger partial charge is 0.386 e. The number of rotatable bonds is 2. The Morgan fingerprint density at radius 3 is 2.93 bits per heavy atom. The maximum absolute atomic E-state index is 9.95. The second kappa shape index (κ2) is 4.50. The molecule has 76 valence electrons. The maximum Gasteiger partial charge on any atom is 0.106 e. The van der Waals surface area contributed by atoms with Crippen molar-refractivity contribution in [1.29, 1.82) is 0 Å². The van der Waals surface area contributed by atoms with E-state index in [-0.39, 0.29) is 6.10 Å². The Labute approximate surface area is 82.9 Å². The molecule has 1 aromatic heterocycles. The van der Waals surface area contributed by atoms with Crippen molar-refractivity contribution in [2.45, 2.75) is 12.2 Å². The Balaban J connectivity index is 2.03. The highest BCUT2D eigenvalue weighted by atomic mass is 16.5. The quantitative estimate of drug-likeness (QED) is 0.701. The molecule has 0 amide bonds. The van der Waals surface area contributed by atoms with Gasteiger partial charge in [0.2, 0.25) is 0 Å². The normalized spacial score (nSPS) is 24.5. The number of aromatic nitrogens is 1. The molecule has 0 radical (unpaired) electrons. The van der Waals surface area contributed by atoms with Crippen LogP contribution in [0.5, 0.6) is 0 Å². The number of aliphatic hydroxyl groups excluding tert-OH is 1. The zero-order chi connectivity index (χ0) is 9.80.